The zero-order valence-electron chi connectivity index (χ0n) is 15.7. The molecule has 3 aliphatic rings. The van der Waals surface area contributed by atoms with Gasteiger partial charge in [-0.2, -0.15) is 0 Å². The van der Waals surface area contributed by atoms with Crippen LogP contribution in [0, 0.1) is 5.21 Å². The average Bonchev–Trinajstić information content (AvgIpc) is 3.06. The summed E-state index contributed by atoms with van der Waals surface area (Å²) < 4.78 is 4.83. The van der Waals surface area contributed by atoms with Crippen LogP contribution in [0.1, 0.15) is 19.8 Å². The van der Waals surface area contributed by atoms with Gasteiger partial charge in [0.2, 0.25) is 0 Å². The number of hydroxylamine groups is 2. The van der Waals surface area contributed by atoms with E-state index in [1.807, 2.05) is 6.21 Å². The van der Waals surface area contributed by atoms with Crippen molar-refractivity contribution < 1.29 is 4.74 Å². The zero-order valence-corrected chi connectivity index (χ0v) is 16.5. The van der Waals surface area contributed by atoms with Crippen LogP contribution >= 0.6 is 11.6 Å². The maximum absolute atomic E-state index is 14.1. The fraction of sp³-hybridized carbons (Fsp3) is 0.526. The molecular weight excluding hydrogens is 366 g/mol. The number of methoxy groups -OCH3 is 1. The number of benzene rings is 1. The monoisotopic (exact) mass is 391 g/mol. The minimum atomic E-state index is -0.504. The first-order chi connectivity index (χ1) is 13.0. The van der Waals surface area contributed by atoms with Gasteiger partial charge in [0.05, 0.1) is 18.7 Å². The predicted octanol–water partition coefficient (Wildman–Crippen LogP) is 2.41. The van der Waals surface area contributed by atoms with Gasteiger partial charge in [-0.05, 0) is 31.5 Å². The summed E-state index contributed by atoms with van der Waals surface area (Å²) in [6.45, 7) is 4.58. The highest BCUT2D eigenvalue weighted by Crippen LogP contribution is 2.39. The molecule has 0 bridgehead atoms. The lowest BCUT2D eigenvalue weighted by atomic mass is 10.1. The number of nitrogens with zero attached hydrogens (tertiary/aromatic N) is 3. The van der Waals surface area contributed by atoms with Gasteiger partial charge in [0, 0.05) is 18.8 Å². The highest BCUT2D eigenvalue weighted by atomic mass is 35.5. The van der Waals surface area contributed by atoms with Gasteiger partial charge in [-0.3, -0.25) is 10.3 Å². The number of hydrogen-bond acceptors (Lipinski definition) is 6. The summed E-state index contributed by atoms with van der Waals surface area (Å²) in [5, 5.41) is 21.3. The third-order valence-corrected chi connectivity index (χ3v) is 5.86. The molecule has 3 aliphatic heterocycles. The first kappa shape index (κ1) is 18.6. The number of halogens is 1. The topological polar surface area (TPSA) is 72.0 Å². The lowest BCUT2D eigenvalue weighted by Crippen LogP contribution is -2.50. The minimum absolute atomic E-state index is 0.151. The summed E-state index contributed by atoms with van der Waals surface area (Å²) in [6, 6.07) is 5.48. The molecule has 2 N–H and O–H groups in total. The van der Waals surface area contributed by atoms with Crippen molar-refractivity contribution in [3.63, 3.8) is 0 Å². The second-order valence-corrected chi connectivity index (χ2v) is 7.70. The average molecular weight is 392 g/mol. The van der Waals surface area contributed by atoms with Gasteiger partial charge >= 0.3 is 0 Å². The first-order valence-corrected chi connectivity index (χ1v) is 9.87. The van der Waals surface area contributed by atoms with Gasteiger partial charge in [0.25, 0.3) is 0 Å². The predicted molar refractivity (Wildman–Crippen MR) is 109 cm³/mol. The number of aliphatic imine (C=N–C) groups is 1. The van der Waals surface area contributed by atoms with Gasteiger partial charge in [0.15, 0.2) is 12.0 Å². The SMILES string of the molecule is CCN[C@H]1N=CC2=C(N1)N1CCCC1C[N+]([O-])(c1cc(OC)ccc1Cl)C2. The molecule has 0 aromatic heterocycles. The molecule has 146 valence electrons. The minimum Gasteiger partial charge on any atom is -0.627 e. The Balaban J connectivity index is 1.74. The van der Waals surface area contributed by atoms with E-state index in [-0.39, 0.29) is 12.3 Å². The van der Waals surface area contributed by atoms with E-state index in [1.54, 1.807) is 25.3 Å². The van der Waals surface area contributed by atoms with Crippen molar-refractivity contribution in [1.29, 1.82) is 0 Å². The Bertz CT molecular complexity index is 783. The summed E-state index contributed by atoms with van der Waals surface area (Å²) in [6.07, 6.45) is 3.78. The molecule has 1 aromatic rings. The Morgan fingerprint density at radius 3 is 3.11 bits per heavy atom. The van der Waals surface area contributed by atoms with E-state index >= 15 is 0 Å². The molecule has 3 atom stereocenters. The summed E-state index contributed by atoms with van der Waals surface area (Å²) in [7, 11) is 1.60. The van der Waals surface area contributed by atoms with E-state index in [9.17, 15) is 5.21 Å². The van der Waals surface area contributed by atoms with E-state index < -0.39 is 4.65 Å². The number of rotatable bonds is 4. The van der Waals surface area contributed by atoms with Crippen molar-refractivity contribution in [2.75, 3.05) is 33.3 Å². The molecule has 7 nitrogen and oxygen atoms in total. The number of hydrogen-bond donors (Lipinski definition) is 2. The summed E-state index contributed by atoms with van der Waals surface area (Å²) in [4.78, 5) is 6.88. The van der Waals surface area contributed by atoms with Gasteiger partial charge in [-0.15, -0.1) is 0 Å². The molecular formula is C19H26ClN5O2. The Kier molecular flexibility index (Phi) is 5.03. The van der Waals surface area contributed by atoms with Crippen molar-refractivity contribution in [2.24, 2.45) is 4.99 Å². The van der Waals surface area contributed by atoms with Crippen LogP contribution in [0.5, 0.6) is 5.75 Å². The molecule has 0 saturated carbocycles. The zero-order chi connectivity index (χ0) is 19.0. The van der Waals surface area contributed by atoms with Crippen LogP contribution in [0.2, 0.25) is 5.02 Å². The van der Waals surface area contributed by atoms with Crippen LogP contribution < -0.4 is 20.0 Å². The molecule has 2 unspecified atom stereocenters. The van der Waals surface area contributed by atoms with Crippen LogP contribution in [-0.2, 0) is 0 Å². The largest absolute Gasteiger partial charge is 0.627 e. The van der Waals surface area contributed by atoms with Gasteiger partial charge in [-0.1, -0.05) is 18.5 Å². The van der Waals surface area contributed by atoms with E-state index in [4.69, 9.17) is 16.3 Å². The maximum Gasteiger partial charge on any atom is 0.174 e. The number of ether oxygens (including phenoxy) is 1. The number of fused-ring (bicyclic) bond motifs is 2. The molecule has 1 saturated heterocycles. The Morgan fingerprint density at radius 2 is 2.33 bits per heavy atom. The molecule has 4 rings (SSSR count). The maximum atomic E-state index is 14.1. The fourth-order valence-corrected chi connectivity index (χ4v) is 4.55. The summed E-state index contributed by atoms with van der Waals surface area (Å²) in [5.74, 6) is 1.68. The second kappa shape index (κ2) is 7.31. The normalized spacial score (nSPS) is 29.9. The van der Waals surface area contributed by atoms with E-state index in [0.717, 1.165) is 37.3 Å². The van der Waals surface area contributed by atoms with Crippen LogP contribution in [0.25, 0.3) is 0 Å². The van der Waals surface area contributed by atoms with Gasteiger partial charge < -0.3 is 24.8 Å². The lowest BCUT2D eigenvalue weighted by Gasteiger charge is -2.43. The molecule has 0 aliphatic carbocycles. The highest BCUT2D eigenvalue weighted by Gasteiger charge is 2.41. The second-order valence-electron chi connectivity index (χ2n) is 7.29. The summed E-state index contributed by atoms with van der Waals surface area (Å²) >= 11 is 6.45. The molecule has 1 aromatic carbocycles. The summed E-state index contributed by atoms with van der Waals surface area (Å²) in [5.41, 5.74) is 1.49. The van der Waals surface area contributed by atoms with E-state index in [1.165, 1.54) is 0 Å². The first-order valence-electron chi connectivity index (χ1n) is 9.49. The molecule has 0 spiro atoms. The Morgan fingerprint density at radius 1 is 1.48 bits per heavy atom. The third-order valence-electron chi connectivity index (χ3n) is 5.54. The highest BCUT2D eigenvalue weighted by molar-refractivity contribution is 6.33. The van der Waals surface area contributed by atoms with Crippen molar-refractivity contribution in [2.45, 2.75) is 32.1 Å². The molecule has 0 radical (unpaired) electrons. The molecule has 27 heavy (non-hydrogen) atoms. The molecule has 0 amide bonds. The number of quaternary nitrogens is 1. The van der Waals surface area contributed by atoms with Crippen molar-refractivity contribution >= 4 is 23.5 Å². The third kappa shape index (κ3) is 3.40. The van der Waals surface area contributed by atoms with Crippen LogP contribution in [0.3, 0.4) is 0 Å². The quantitative estimate of drug-likeness (QED) is 0.609. The standard InChI is InChI=1S/C19H26ClN5O2/c1-3-21-19-22-10-13-11-25(26,17-9-15(27-2)6-7-16(17)20)12-14-5-4-8-24(14)18(13)23-19/h6-7,9-10,14,19,21,23H,3-5,8,11-12H2,1-2H3/t14?,19-,25?/m0/s1. The van der Waals surface area contributed by atoms with Crippen LogP contribution in [0.15, 0.2) is 34.6 Å². The van der Waals surface area contributed by atoms with Crippen LogP contribution in [0.4, 0.5) is 5.69 Å². The van der Waals surface area contributed by atoms with E-state index in [0.29, 0.717) is 29.5 Å². The van der Waals surface area contributed by atoms with Crippen LogP contribution in [-0.4, -0.2) is 56.7 Å². The van der Waals surface area contributed by atoms with Crippen molar-refractivity contribution in [3.8, 4) is 5.75 Å². The van der Waals surface area contributed by atoms with Crippen molar-refractivity contribution in [1.82, 2.24) is 20.2 Å². The van der Waals surface area contributed by atoms with E-state index in [2.05, 4.69) is 27.4 Å². The fourth-order valence-electron chi connectivity index (χ4n) is 4.28. The molecule has 1 fully saturated rings. The molecule has 8 heteroatoms. The Labute approximate surface area is 164 Å². The van der Waals surface area contributed by atoms with Gasteiger partial charge in [0.1, 0.15) is 29.7 Å². The number of nitrogens with one attached hydrogen (secondary N) is 2. The van der Waals surface area contributed by atoms with Gasteiger partial charge in [-0.25, -0.2) is 0 Å². The molecule has 3 heterocycles. The lowest BCUT2D eigenvalue weighted by molar-refractivity contribution is 0.250. The Hall–Kier alpha value is -1.80. The van der Waals surface area contributed by atoms with Crippen molar-refractivity contribution in [3.05, 3.63) is 39.8 Å². The smallest absolute Gasteiger partial charge is 0.174 e.